The van der Waals surface area contributed by atoms with Gasteiger partial charge in [-0.05, 0) is 25.8 Å². The van der Waals surface area contributed by atoms with E-state index < -0.39 is 0 Å². The lowest BCUT2D eigenvalue weighted by Gasteiger charge is -2.04. The van der Waals surface area contributed by atoms with Crippen LogP contribution in [0.4, 0.5) is 0 Å². The van der Waals surface area contributed by atoms with Gasteiger partial charge in [0.1, 0.15) is 0 Å². The molecule has 0 aromatic rings. The molecule has 0 aromatic carbocycles. The van der Waals surface area contributed by atoms with Gasteiger partial charge in [0, 0.05) is 19.7 Å². The molecule has 4 N–H and O–H groups in total. The van der Waals surface area contributed by atoms with Crippen molar-refractivity contribution in [3.63, 3.8) is 0 Å². The van der Waals surface area contributed by atoms with E-state index in [9.17, 15) is 0 Å². The van der Waals surface area contributed by atoms with Crippen LogP contribution in [-0.4, -0.2) is 32.8 Å². The van der Waals surface area contributed by atoms with E-state index in [-0.39, 0.29) is 0 Å². The third kappa shape index (κ3) is 11.8. The third-order valence-corrected chi connectivity index (χ3v) is 1.78. The van der Waals surface area contributed by atoms with Crippen LogP contribution in [0.25, 0.3) is 0 Å². The van der Waals surface area contributed by atoms with Gasteiger partial charge >= 0.3 is 0 Å². The average molecular weight is 189 g/mol. The van der Waals surface area contributed by atoms with Crippen LogP contribution < -0.4 is 16.6 Å². The standard InChI is InChI=1S/C9H23N3O/c1-2-11-7-9-13-8-5-3-4-6-12-10/h11-12H,2-10H2,1H3. The first kappa shape index (κ1) is 12.8. The molecule has 0 fully saturated rings. The Labute approximate surface area is 81.2 Å². The maximum Gasteiger partial charge on any atom is 0.0590 e. The molecule has 0 heterocycles. The van der Waals surface area contributed by atoms with Crippen molar-refractivity contribution in [3.8, 4) is 0 Å². The van der Waals surface area contributed by atoms with Crippen molar-refractivity contribution < 1.29 is 4.74 Å². The van der Waals surface area contributed by atoms with Crippen LogP contribution in [0.15, 0.2) is 0 Å². The molecule has 0 spiro atoms. The first-order valence-electron chi connectivity index (χ1n) is 5.13. The normalized spacial score (nSPS) is 10.6. The summed E-state index contributed by atoms with van der Waals surface area (Å²) < 4.78 is 5.40. The number of ether oxygens (including phenoxy) is 1. The quantitative estimate of drug-likeness (QED) is 0.262. The van der Waals surface area contributed by atoms with Gasteiger partial charge in [0.05, 0.1) is 6.61 Å². The Hall–Kier alpha value is -0.160. The molecule has 0 unspecified atom stereocenters. The second-order valence-corrected chi connectivity index (χ2v) is 2.98. The predicted octanol–water partition coefficient (Wildman–Crippen LogP) is 0.246. The monoisotopic (exact) mass is 189 g/mol. The number of likely N-dealkylation sites (N-methyl/N-ethyl adjacent to an activating group) is 1. The summed E-state index contributed by atoms with van der Waals surface area (Å²) in [6.07, 6.45) is 3.45. The van der Waals surface area contributed by atoms with Gasteiger partial charge in [-0.15, -0.1) is 0 Å². The summed E-state index contributed by atoms with van der Waals surface area (Å²) in [7, 11) is 0. The van der Waals surface area contributed by atoms with Crippen LogP contribution in [0.5, 0.6) is 0 Å². The minimum Gasteiger partial charge on any atom is -0.380 e. The topological polar surface area (TPSA) is 59.3 Å². The summed E-state index contributed by atoms with van der Waals surface area (Å²) in [5, 5.41) is 3.21. The molecule has 0 radical (unpaired) electrons. The van der Waals surface area contributed by atoms with Gasteiger partial charge in [-0.2, -0.15) is 0 Å². The van der Waals surface area contributed by atoms with Crippen molar-refractivity contribution in [2.24, 2.45) is 5.84 Å². The summed E-state index contributed by atoms with van der Waals surface area (Å²) in [6, 6.07) is 0. The van der Waals surface area contributed by atoms with E-state index in [1.165, 1.54) is 6.42 Å². The van der Waals surface area contributed by atoms with Crippen LogP contribution in [0, 0.1) is 0 Å². The van der Waals surface area contributed by atoms with Crippen molar-refractivity contribution in [3.05, 3.63) is 0 Å². The Morgan fingerprint density at radius 3 is 2.62 bits per heavy atom. The molecular formula is C9H23N3O. The van der Waals surface area contributed by atoms with Crippen molar-refractivity contribution in [1.29, 1.82) is 0 Å². The first-order valence-corrected chi connectivity index (χ1v) is 5.13. The molecule has 0 aromatic heterocycles. The van der Waals surface area contributed by atoms with E-state index in [1.807, 2.05) is 0 Å². The number of hydrogen-bond donors (Lipinski definition) is 3. The largest absolute Gasteiger partial charge is 0.380 e. The third-order valence-electron chi connectivity index (χ3n) is 1.78. The number of hydrazine groups is 1. The van der Waals surface area contributed by atoms with Gasteiger partial charge in [-0.3, -0.25) is 11.3 Å². The van der Waals surface area contributed by atoms with Crippen LogP contribution >= 0.6 is 0 Å². The molecular weight excluding hydrogens is 166 g/mol. The zero-order chi connectivity index (χ0) is 9.78. The number of hydrogen-bond acceptors (Lipinski definition) is 4. The first-order chi connectivity index (χ1) is 6.41. The van der Waals surface area contributed by atoms with Gasteiger partial charge in [0.25, 0.3) is 0 Å². The molecule has 0 saturated heterocycles. The van der Waals surface area contributed by atoms with Crippen LogP contribution in [0.1, 0.15) is 26.2 Å². The highest BCUT2D eigenvalue weighted by molar-refractivity contribution is 4.44. The van der Waals surface area contributed by atoms with E-state index in [0.29, 0.717) is 0 Å². The molecule has 0 aliphatic heterocycles. The molecule has 0 atom stereocenters. The van der Waals surface area contributed by atoms with E-state index in [0.717, 1.165) is 45.7 Å². The van der Waals surface area contributed by atoms with Gasteiger partial charge in [0.2, 0.25) is 0 Å². The molecule has 0 bridgehead atoms. The molecule has 4 heteroatoms. The Morgan fingerprint density at radius 1 is 1.08 bits per heavy atom. The summed E-state index contributed by atoms with van der Waals surface area (Å²) >= 11 is 0. The second kappa shape index (κ2) is 11.8. The van der Waals surface area contributed by atoms with Crippen LogP contribution in [-0.2, 0) is 4.74 Å². The maximum atomic E-state index is 5.40. The van der Waals surface area contributed by atoms with E-state index in [1.54, 1.807) is 0 Å². The lowest BCUT2D eigenvalue weighted by Crippen LogP contribution is -2.22. The Bertz CT molecular complexity index is 80.9. The summed E-state index contributed by atoms with van der Waals surface area (Å²) in [6.45, 7) is 6.67. The van der Waals surface area contributed by atoms with Gasteiger partial charge in [0.15, 0.2) is 0 Å². The molecule has 13 heavy (non-hydrogen) atoms. The molecule has 0 aliphatic carbocycles. The van der Waals surface area contributed by atoms with Crippen molar-refractivity contribution in [2.45, 2.75) is 26.2 Å². The molecule has 0 amide bonds. The molecule has 0 rings (SSSR count). The highest BCUT2D eigenvalue weighted by atomic mass is 16.5. The molecule has 0 saturated carbocycles. The van der Waals surface area contributed by atoms with E-state index in [4.69, 9.17) is 10.6 Å². The summed E-state index contributed by atoms with van der Waals surface area (Å²) in [5.41, 5.74) is 2.64. The maximum absolute atomic E-state index is 5.40. The summed E-state index contributed by atoms with van der Waals surface area (Å²) in [4.78, 5) is 0. The van der Waals surface area contributed by atoms with E-state index >= 15 is 0 Å². The average Bonchev–Trinajstić information content (AvgIpc) is 2.16. The van der Waals surface area contributed by atoms with Gasteiger partial charge < -0.3 is 10.1 Å². The Morgan fingerprint density at radius 2 is 1.92 bits per heavy atom. The second-order valence-electron chi connectivity index (χ2n) is 2.98. The Balaban J connectivity index is 2.76. The predicted molar refractivity (Wildman–Crippen MR) is 55.4 cm³/mol. The lowest BCUT2D eigenvalue weighted by atomic mass is 10.2. The fraction of sp³-hybridized carbons (Fsp3) is 1.00. The van der Waals surface area contributed by atoms with Crippen molar-refractivity contribution in [2.75, 3.05) is 32.8 Å². The van der Waals surface area contributed by atoms with Crippen LogP contribution in [0.3, 0.4) is 0 Å². The molecule has 80 valence electrons. The fourth-order valence-electron chi connectivity index (χ4n) is 1.03. The summed E-state index contributed by atoms with van der Waals surface area (Å²) in [5.74, 6) is 5.13. The van der Waals surface area contributed by atoms with Gasteiger partial charge in [-0.1, -0.05) is 6.92 Å². The number of unbranched alkanes of at least 4 members (excludes halogenated alkanes) is 2. The van der Waals surface area contributed by atoms with Crippen molar-refractivity contribution >= 4 is 0 Å². The lowest BCUT2D eigenvalue weighted by molar-refractivity contribution is 0.132. The number of rotatable bonds is 10. The highest BCUT2D eigenvalue weighted by Gasteiger charge is 1.89. The fourth-order valence-corrected chi connectivity index (χ4v) is 1.03. The smallest absolute Gasteiger partial charge is 0.0590 e. The van der Waals surface area contributed by atoms with Crippen molar-refractivity contribution in [1.82, 2.24) is 10.7 Å². The van der Waals surface area contributed by atoms with Crippen LogP contribution in [0.2, 0.25) is 0 Å². The SMILES string of the molecule is CCNCCOCCCCCNN. The Kier molecular flexibility index (Phi) is 11.7. The van der Waals surface area contributed by atoms with E-state index in [2.05, 4.69) is 17.7 Å². The molecule has 4 nitrogen and oxygen atoms in total. The molecule has 0 aliphatic rings. The number of nitrogens with one attached hydrogen (secondary N) is 2. The minimum absolute atomic E-state index is 0.822. The van der Waals surface area contributed by atoms with Gasteiger partial charge in [-0.25, -0.2) is 0 Å². The minimum atomic E-state index is 0.822. The zero-order valence-electron chi connectivity index (χ0n) is 8.64. The zero-order valence-corrected chi connectivity index (χ0v) is 8.64. The highest BCUT2D eigenvalue weighted by Crippen LogP contribution is 1.93. The number of nitrogens with two attached hydrogens (primary N) is 1.